The Balaban J connectivity index is 1.52. The predicted molar refractivity (Wildman–Crippen MR) is 153 cm³/mol. The molecular formula is C31H33N7O2. The number of benzene rings is 2. The predicted octanol–water partition coefficient (Wildman–Crippen LogP) is 5.13. The number of ether oxygens (including phenoxy) is 1. The van der Waals surface area contributed by atoms with Crippen molar-refractivity contribution in [2.24, 2.45) is 0 Å². The van der Waals surface area contributed by atoms with E-state index in [1.54, 1.807) is 13.3 Å². The van der Waals surface area contributed by atoms with E-state index in [4.69, 9.17) is 4.74 Å². The Hall–Kier alpha value is -4.37. The van der Waals surface area contributed by atoms with Gasteiger partial charge in [0.25, 0.3) is 5.56 Å². The fourth-order valence-corrected chi connectivity index (χ4v) is 5.75. The molecule has 204 valence electrons. The van der Waals surface area contributed by atoms with Crippen LogP contribution in [0.5, 0.6) is 5.75 Å². The summed E-state index contributed by atoms with van der Waals surface area (Å²) in [6.45, 7) is 3.13. The molecule has 0 aliphatic heterocycles. The molecule has 0 radical (unpaired) electrons. The zero-order valence-electron chi connectivity index (χ0n) is 22.8. The average Bonchev–Trinajstić information content (AvgIpc) is 3.67. The van der Waals surface area contributed by atoms with E-state index < -0.39 is 6.04 Å². The van der Waals surface area contributed by atoms with Gasteiger partial charge in [-0.1, -0.05) is 43.2 Å². The molecule has 1 N–H and O–H groups in total. The standard InChI is InChI=1S/C31H33N7O2/c1-21-9-12-24-17-27(31(39)33-28(24)16-21)29(30-34-35-36-38(30)25-7-3-4-8-25)37(20-23-6-5-15-32-18-23)19-22-10-13-26(40-2)14-11-22/h5-6,9-18,25,29H,3-4,7-8,19-20H2,1-2H3,(H,33,39). The summed E-state index contributed by atoms with van der Waals surface area (Å²) in [4.78, 5) is 23.6. The Morgan fingerprint density at radius 3 is 2.60 bits per heavy atom. The van der Waals surface area contributed by atoms with Crippen LogP contribution >= 0.6 is 0 Å². The molecule has 9 nitrogen and oxygen atoms in total. The maximum Gasteiger partial charge on any atom is 0.253 e. The minimum absolute atomic E-state index is 0.144. The summed E-state index contributed by atoms with van der Waals surface area (Å²) in [5, 5.41) is 14.1. The average molecular weight is 536 g/mol. The summed E-state index contributed by atoms with van der Waals surface area (Å²) in [6, 6.07) is 19.9. The minimum Gasteiger partial charge on any atom is -0.497 e. The molecule has 0 saturated heterocycles. The molecule has 3 heterocycles. The van der Waals surface area contributed by atoms with Gasteiger partial charge in [-0.05, 0) is 82.6 Å². The van der Waals surface area contributed by atoms with E-state index in [1.165, 1.54) is 0 Å². The van der Waals surface area contributed by atoms with Gasteiger partial charge in [0.05, 0.1) is 13.2 Å². The highest BCUT2D eigenvalue weighted by molar-refractivity contribution is 5.79. The maximum absolute atomic E-state index is 13.8. The summed E-state index contributed by atoms with van der Waals surface area (Å²) in [6.07, 6.45) is 7.99. The van der Waals surface area contributed by atoms with Gasteiger partial charge in [-0.3, -0.25) is 14.7 Å². The van der Waals surface area contributed by atoms with Crippen molar-refractivity contribution >= 4 is 10.9 Å². The van der Waals surface area contributed by atoms with Gasteiger partial charge in [-0.25, -0.2) is 4.68 Å². The summed E-state index contributed by atoms with van der Waals surface area (Å²) in [5.41, 5.74) is 4.50. The van der Waals surface area contributed by atoms with Crippen LogP contribution in [0.4, 0.5) is 0 Å². The molecule has 9 heteroatoms. The van der Waals surface area contributed by atoms with E-state index in [9.17, 15) is 4.79 Å². The Bertz CT molecular complexity index is 1640. The van der Waals surface area contributed by atoms with Crippen LogP contribution in [0.1, 0.15) is 65.8 Å². The van der Waals surface area contributed by atoms with Crippen LogP contribution < -0.4 is 10.3 Å². The lowest BCUT2D eigenvalue weighted by atomic mass is 10.0. The normalized spacial score (nSPS) is 14.7. The first-order valence-corrected chi connectivity index (χ1v) is 13.8. The van der Waals surface area contributed by atoms with E-state index >= 15 is 0 Å². The largest absolute Gasteiger partial charge is 0.497 e. The Labute approximate surface area is 232 Å². The molecule has 1 saturated carbocycles. The van der Waals surface area contributed by atoms with Crippen molar-refractivity contribution in [1.82, 2.24) is 35.1 Å². The number of aryl methyl sites for hydroxylation is 1. The zero-order valence-corrected chi connectivity index (χ0v) is 22.8. The lowest BCUT2D eigenvalue weighted by molar-refractivity contribution is 0.190. The summed E-state index contributed by atoms with van der Waals surface area (Å²) >= 11 is 0. The van der Waals surface area contributed by atoms with Crippen LogP contribution in [0.2, 0.25) is 0 Å². The molecule has 0 bridgehead atoms. The van der Waals surface area contributed by atoms with Gasteiger partial charge in [0.2, 0.25) is 0 Å². The molecule has 1 aliphatic rings. The van der Waals surface area contributed by atoms with Gasteiger partial charge in [0, 0.05) is 36.6 Å². The molecule has 1 unspecified atom stereocenters. The van der Waals surface area contributed by atoms with Crippen molar-refractivity contribution in [2.45, 2.75) is 57.8 Å². The lowest BCUT2D eigenvalue weighted by Gasteiger charge is -2.32. The van der Waals surface area contributed by atoms with E-state index in [0.717, 1.165) is 59.0 Å². The summed E-state index contributed by atoms with van der Waals surface area (Å²) < 4.78 is 7.35. The van der Waals surface area contributed by atoms with E-state index in [-0.39, 0.29) is 11.6 Å². The lowest BCUT2D eigenvalue weighted by Crippen LogP contribution is -2.35. The number of rotatable bonds is 9. The first-order valence-electron chi connectivity index (χ1n) is 13.8. The molecule has 0 spiro atoms. The van der Waals surface area contributed by atoms with Gasteiger partial charge >= 0.3 is 0 Å². The first kappa shape index (κ1) is 25.9. The minimum atomic E-state index is -0.493. The van der Waals surface area contributed by atoms with E-state index in [2.05, 4.69) is 60.7 Å². The van der Waals surface area contributed by atoms with Crippen LogP contribution in [0.15, 0.2) is 77.9 Å². The number of pyridine rings is 2. The fraction of sp³-hybridized carbons (Fsp3) is 0.323. The highest BCUT2D eigenvalue weighted by Crippen LogP contribution is 2.35. The number of nitrogens with one attached hydrogen (secondary N) is 1. The number of hydrogen-bond acceptors (Lipinski definition) is 7. The molecular weight excluding hydrogens is 502 g/mol. The number of methoxy groups -OCH3 is 1. The molecule has 3 aromatic heterocycles. The summed E-state index contributed by atoms with van der Waals surface area (Å²) in [5.74, 6) is 1.48. The zero-order chi connectivity index (χ0) is 27.5. The molecule has 0 amide bonds. The topological polar surface area (TPSA) is 102 Å². The molecule has 2 aromatic carbocycles. The highest BCUT2D eigenvalue weighted by atomic mass is 16.5. The van der Waals surface area contributed by atoms with Crippen LogP contribution in [-0.4, -0.2) is 42.2 Å². The van der Waals surface area contributed by atoms with Crippen molar-refractivity contribution in [2.75, 3.05) is 7.11 Å². The first-order chi connectivity index (χ1) is 19.6. The van der Waals surface area contributed by atoms with Gasteiger partial charge < -0.3 is 9.72 Å². The number of hydrogen-bond donors (Lipinski definition) is 1. The molecule has 1 atom stereocenters. The van der Waals surface area contributed by atoms with Gasteiger partial charge in [-0.2, -0.15) is 0 Å². The second kappa shape index (κ2) is 11.4. The fourth-order valence-electron chi connectivity index (χ4n) is 5.75. The number of H-pyrrole nitrogens is 1. The van der Waals surface area contributed by atoms with Crippen molar-refractivity contribution in [3.8, 4) is 5.75 Å². The molecule has 5 aromatic rings. The number of tetrazole rings is 1. The number of fused-ring (bicyclic) bond motifs is 1. The molecule has 40 heavy (non-hydrogen) atoms. The number of nitrogens with zero attached hydrogens (tertiary/aromatic N) is 6. The Morgan fingerprint density at radius 2 is 1.85 bits per heavy atom. The van der Waals surface area contributed by atoms with Crippen LogP contribution in [0.3, 0.4) is 0 Å². The third-order valence-electron chi connectivity index (χ3n) is 7.78. The van der Waals surface area contributed by atoms with Gasteiger partial charge in [0.15, 0.2) is 5.82 Å². The Morgan fingerprint density at radius 1 is 1.05 bits per heavy atom. The summed E-state index contributed by atoms with van der Waals surface area (Å²) in [7, 11) is 1.66. The van der Waals surface area contributed by atoms with Crippen LogP contribution in [0.25, 0.3) is 10.9 Å². The van der Waals surface area contributed by atoms with Crippen molar-refractivity contribution in [3.63, 3.8) is 0 Å². The van der Waals surface area contributed by atoms with E-state index in [0.29, 0.717) is 24.5 Å². The van der Waals surface area contributed by atoms with Crippen molar-refractivity contribution in [1.29, 1.82) is 0 Å². The van der Waals surface area contributed by atoms with Gasteiger partial charge in [-0.15, -0.1) is 5.10 Å². The monoisotopic (exact) mass is 535 g/mol. The molecule has 1 fully saturated rings. The van der Waals surface area contributed by atoms with Gasteiger partial charge in [0.1, 0.15) is 11.8 Å². The number of aromatic amines is 1. The Kier molecular flexibility index (Phi) is 7.37. The third kappa shape index (κ3) is 5.37. The van der Waals surface area contributed by atoms with E-state index in [1.807, 2.05) is 48.1 Å². The van der Waals surface area contributed by atoms with Crippen LogP contribution in [-0.2, 0) is 13.1 Å². The quantitative estimate of drug-likeness (QED) is 0.279. The maximum atomic E-state index is 13.8. The molecule has 6 rings (SSSR count). The second-order valence-corrected chi connectivity index (χ2v) is 10.6. The van der Waals surface area contributed by atoms with Crippen molar-refractivity contribution in [3.05, 3.63) is 111 Å². The highest BCUT2D eigenvalue weighted by Gasteiger charge is 2.33. The van der Waals surface area contributed by atoms with Crippen LogP contribution in [0, 0.1) is 6.92 Å². The number of aromatic nitrogens is 6. The molecule has 1 aliphatic carbocycles. The second-order valence-electron chi connectivity index (χ2n) is 10.6. The van der Waals surface area contributed by atoms with Crippen molar-refractivity contribution < 1.29 is 4.74 Å². The third-order valence-corrected chi connectivity index (χ3v) is 7.78. The SMILES string of the molecule is COc1ccc(CN(Cc2cccnc2)C(c2cc3ccc(C)cc3[nH]c2=O)c2nnnn2C2CCCC2)cc1. The smallest absolute Gasteiger partial charge is 0.253 e.